The Balaban J connectivity index is 1.66. The first-order valence-corrected chi connectivity index (χ1v) is 7.78. The summed E-state index contributed by atoms with van der Waals surface area (Å²) < 4.78 is 6.03. The van der Waals surface area contributed by atoms with Crippen LogP contribution in [0, 0.1) is 0 Å². The molecule has 7 heteroatoms. The van der Waals surface area contributed by atoms with Gasteiger partial charge >= 0.3 is 7.05 Å². The summed E-state index contributed by atoms with van der Waals surface area (Å²) in [4.78, 5) is 19.7. The first-order chi connectivity index (χ1) is 10.4. The smallest absolute Gasteiger partial charge is 0.376 e. The number of hydrogen-bond donors (Lipinski definition) is 1. The Morgan fingerprint density at radius 1 is 1.50 bits per heavy atom. The van der Waals surface area contributed by atoms with Gasteiger partial charge in [0.15, 0.2) is 0 Å². The van der Waals surface area contributed by atoms with Crippen molar-refractivity contribution >= 4 is 13.0 Å². The number of hydrogen-bond acceptors (Lipinski definition) is 5. The lowest BCUT2D eigenvalue weighted by Gasteiger charge is -2.21. The molecule has 1 aromatic rings. The van der Waals surface area contributed by atoms with Crippen LogP contribution in [0.25, 0.3) is 0 Å². The van der Waals surface area contributed by atoms with E-state index in [-0.39, 0.29) is 12.0 Å². The highest BCUT2D eigenvalue weighted by atomic mass is 16.5. The van der Waals surface area contributed by atoms with Crippen molar-refractivity contribution in [1.82, 2.24) is 14.7 Å². The Morgan fingerprint density at radius 2 is 2.27 bits per heavy atom. The monoisotopic (exact) mass is 303 g/mol. The molecule has 3 heterocycles. The number of pyridine rings is 1. The summed E-state index contributed by atoms with van der Waals surface area (Å²) in [5.41, 5.74) is 2.01. The molecule has 2 aliphatic heterocycles. The first kappa shape index (κ1) is 15.3. The summed E-state index contributed by atoms with van der Waals surface area (Å²) in [6.07, 6.45) is 2.69. The van der Waals surface area contributed by atoms with Crippen molar-refractivity contribution in [1.29, 1.82) is 0 Å². The number of ether oxygens (including phenoxy) is 1. The van der Waals surface area contributed by atoms with Crippen molar-refractivity contribution in [2.24, 2.45) is 0 Å². The van der Waals surface area contributed by atoms with E-state index >= 15 is 0 Å². The van der Waals surface area contributed by atoms with Crippen molar-refractivity contribution in [2.45, 2.75) is 52.3 Å². The minimum Gasteiger partial charge on any atom is -0.487 e. The van der Waals surface area contributed by atoms with Gasteiger partial charge in [-0.15, -0.1) is 0 Å². The molecule has 0 unspecified atom stereocenters. The van der Waals surface area contributed by atoms with Crippen LogP contribution in [-0.4, -0.2) is 51.4 Å². The molecule has 118 valence electrons. The van der Waals surface area contributed by atoms with Crippen LogP contribution < -0.4 is 4.74 Å². The topological polar surface area (TPSA) is 65.9 Å². The Hall–Kier alpha value is -1.60. The lowest BCUT2D eigenvalue weighted by Crippen LogP contribution is -2.40. The molecule has 0 radical (unpaired) electrons. The van der Waals surface area contributed by atoms with Gasteiger partial charge in [-0.05, 0) is 24.9 Å². The predicted octanol–water partition coefficient (Wildman–Crippen LogP) is 0.896. The second kappa shape index (κ2) is 5.89. The third-order valence-corrected chi connectivity index (χ3v) is 4.55. The lowest BCUT2D eigenvalue weighted by atomic mass is 9.84. The molecule has 6 nitrogen and oxygen atoms in total. The van der Waals surface area contributed by atoms with Gasteiger partial charge in [0.1, 0.15) is 11.9 Å². The van der Waals surface area contributed by atoms with E-state index in [0.717, 1.165) is 30.0 Å². The predicted molar refractivity (Wildman–Crippen MR) is 83.2 cm³/mol. The summed E-state index contributed by atoms with van der Waals surface area (Å²) >= 11 is 0. The average Bonchev–Trinajstić information content (AvgIpc) is 3.02. The number of fused-ring (bicyclic) bond motifs is 1. The summed E-state index contributed by atoms with van der Waals surface area (Å²) in [6.45, 7) is 7.37. The van der Waals surface area contributed by atoms with Crippen molar-refractivity contribution in [3.63, 3.8) is 0 Å². The molecule has 0 spiro atoms. The van der Waals surface area contributed by atoms with Crippen molar-refractivity contribution in [2.75, 3.05) is 6.54 Å². The van der Waals surface area contributed by atoms with Gasteiger partial charge in [-0.1, -0.05) is 6.92 Å². The Morgan fingerprint density at radius 3 is 2.91 bits per heavy atom. The molecular weight excluding hydrogens is 281 g/mol. The standard InChI is InChI=1S/C15H22BN3O3/c1-10-4-14(8-19(10)16(3)21)22-13-5-12-7-18(11(2)20)9-15(12)17-6-13/h5-6,10,14,21H,4,7-9H2,1-3H3/t10-,14+/m0/s1. The van der Waals surface area contributed by atoms with E-state index in [1.165, 1.54) is 0 Å². The molecule has 1 amide bonds. The number of amides is 1. The van der Waals surface area contributed by atoms with Crippen LogP contribution in [0.15, 0.2) is 12.3 Å². The van der Waals surface area contributed by atoms with Crippen LogP contribution in [0.3, 0.4) is 0 Å². The van der Waals surface area contributed by atoms with Crippen LogP contribution in [0.5, 0.6) is 5.75 Å². The van der Waals surface area contributed by atoms with Crippen molar-refractivity contribution in [3.8, 4) is 5.75 Å². The number of nitrogens with zero attached hydrogens (tertiary/aromatic N) is 3. The SMILES string of the molecule is CB(O)N1C[C@H](Oc2cnc3c(c2)CN(C(C)=O)C3)C[C@@H]1C. The zero-order valence-corrected chi connectivity index (χ0v) is 13.3. The molecule has 0 aliphatic carbocycles. The fraction of sp³-hybridized carbons (Fsp3) is 0.600. The normalized spacial score (nSPS) is 24.5. The summed E-state index contributed by atoms with van der Waals surface area (Å²) in [5.74, 6) is 0.812. The quantitative estimate of drug-likeness (QED) is 0.840. The maximum Gasteiger partial charge on any atom is 0.376 e. The van der Waals surface area contributed by atoms with Gasteiger partial charge in [0.25, 0.3) is 0 Å². The molecule has 3 rings (SSSR count). The van der Waals surface area contributed by atoms with Gasteiger partial charge in [-0.25, -0.2) is 0 Å². The maximum absolute atomic E-state index is 11.5. The number of aromatic nitrogens is 1. The third kappa shape index (κ3) is 2.96. The average molecular weight is 303 g/mol. The van der Waals surface area contributed by atoms with Gasteiger partial charge in [0.2, 0.25) is 5.91 Å². The molecule has 2 aliphatic rings. The molecule has 1 fully saturated rings. The number of rotatable bonds is 3. The Kier molecular flexibility index (Phi) is 4.10. The molecule has 2 atom stereocenters. The fourth-order valence-electron chi connectivity index (χ4n) is 3.33. The van der Waals surface area contributed by atoms with E-state index in [9.17, 15) is 9.82 Å². The minimum absolute atomic E-state index is 0.0646. The van der Waals surface area contributed by atoms with Crippen LogP contribution in [0.4, 0.5) is 0 Å². The summed E-state index contributed by atoms with van der Waals surface area (Å²) in [7, 11) is -0.453. The van der Waals surface area contributed by atoms with Crippen LogP contribution in [0.1, 0.15) is 31.5 Å². The molecule has 1 saturated heterocycles. The molecule has 0 aromatic carbocycles. The van der Waals surface area contributed by atoms with Gasteiger partial charge in [-0.2, -0.15) is 0 Å². The molecule has 0 saturated carbocycles. The van der Waals surface area contributed by atoms with E-state index in [2.05, 4.69) is 11.9 Å². The summed E-state index contributed by atoms with van der Waals surface area (Å²) in [5, 5.41) is 9.73. The molecular formula is C15H22BN3O3. The molecule has 22 heavy (non-hydrogen) atoms. The zero-order chi connectivity index (χ0) is 15.9. The molecule has 0 bridgehead atoms. The number of carbonyl (C=O) groups excluding carboxylic acids is 1. The highest BCUT2D eigenvalue weighted by Crippen LogP contribution is 2.27. The van der Waals surface area contributed by atoms with E-state index in [1.807, 2.05) is 10.9 Å². The van der Waals surface area contributed by atoms with Gasteiger partial charge in [0, 0.05) is 26.1 Å². The zero-order valence-electron chi connectivity index (χ0n) is 13.3. The third-order valence-electron chi connectivity index (χ3n) is 4.55. The minimum atomic E-state index is -0.453. The summed E-state index contributed by atoms with van der Waals surface area (Å²) in [6, 6.07) is 2.29. The van der Waals surface area contributed by atoms with E-state index in [4.69, 9.17) is 4.74 Å². The number of carbonyl (C=O) groups is 1. The van der Waals surface area contributed by atoms with Crippen molar-refractivity contribution < 1.29 is 14.6 Å². The van der Waals surface area contributed by atoms with Crippen LogP contribution in [-0.2, 0) is 17.9 Å². The Bertz CT molecular complexity index is 581. The maximum atomic E-state index is 11.5. The van der Waals surface area contributed by atoms with E-state index in [0.29, 0.717) is 19.1 Å². The highest BCUT2D eigenvalue weighted by molar-refractivity contribution is 6.45. The Labute approximate surface area is 131 Å². The molecule has 1 N–H and O–H groups in total. The van der Waals surface area contributed by atoms with Gasteiger partial charge in [-0.3, -0.25) is 9.78 Å². The van der Waals surface area contributed by atoms with Gasteiger partial charge in [0.05, 0.1) is 18.4 Å². The van der Waals surface area contributed by atoms with Crippen molar-refractivity contribution in [3.05, 3.63) is 23.5 Å². The largest absolute Gasteiger partial charge is 0.487 e. The highest BCUT2D eigenvalue weighted by Gasteiger charge is 2.34. The fourth-order valence-corrected chi connectivity index (χ4v) is 3.33. The van der Waals surface area contributed by atoms with Crippen LogP contribution in [0.2, 0.25) is 6.82 Å². The van der Waals surface area contributed by atoms with Gasteiger partial charge < -0.3 is 19.5 Å². The lowest BCUT2D eigenvalue weighted by molar-refractivity contribution is -0.129. The second-order valence-electron chi connectivity index (χ2n) is 6.31. The van der Waals surface area contributed by atoms with Crippen LogP contribution >= 0.6 is 0 Å². The van der Waals surface area contributed by atoms with E-state index in [1.54, 1.807) is 24.8 Å². The second-order valence-corrected chi connectivity index (χ2v) is 6.31. The van der Waals surface area contributed by atoms with E-state index < -0.39 is 7.05 Å². The molecule has 1 aromatic heterocycles. The first-order valence-electron chi connectivity index (χ1n) is 7.78.